The van der Waals surface area contributed by atoms with E-state index in [0.717, 1.165) is 0 Å². The second-order valence-corrected chi connectivity index (χ2v) is 4.37. The molecule has 0 aliphatic carbocycles. The van der Waals surface area contributed by atoms with E-state index in [1.807, 2.05) is 10.2 Å². The van der Waals surface area contributed by atoms with Crippen LogP contribution in [0.2, 0.25) is 0 Å². The van der Waals surface area contributed by atoms with Gasteiger partial charge in [-0.3, -0.25) is 0 Å². The van der Waals surface area contributed by atoms with Crippen molar-refractivity contribution in [3.05, 3.63) is 9.66 Å². The molecule has 0 unspecified atom stereocenters. The third-order valence-corrected chi connectivity index (χ3v) is 2.62. The quantitative estimate of drug-likeness (QED) is 0.610. The molecular formula is C5H7IN2. The van der Waals surface area contributed by atoms with Crippen LogP contribution in [-0.2, 0) is 0 Å². The summed E-state index contributed by atoms with van der Waals surface area (Å²) in [6, 6.07) is 0. The van der Waals surface area contributed by atoms with Crippen LogP contribution in [0.4, 0.5) is 0 Å². The maximum absolute atomic E-state index is 5.39. The van der Waals surface area contributed by atoms with Crippen molar-refractivity contribution >= 4 is 30.7 Å². The minimum Gasteiger partial charge on any atom is -0.384 e. The fourth-order valence-corrected chi connectivity index (χ4v) is 1.83. The number of aliphatic imine (C=N–C) groups is 1. The summed E-state index contributed by atoms with van der Waals surface area (Å²) < 4.78 is 3.32. The van der Waals surface area contributed by atoms with Crippen LogP contribution in [0.3, 0.4) is 0 Å². The largest absolute Gasteiger partial charge is 0.384 e. The van der Waals surface area contributed by atoms with Crippen LogP contribution in [0.25, 0.3) is 0 Å². The number of hydrogen-bond donors (Lipinski definition) is 1. The highest BCUT2D eigenvalue weighted by Gasteiger charge is 1.90. The predicted octanol–water partition coefficient (Wildman–Crippen LogP) is 0.991. The molecule has 1 aliphatic heterocycles. The lowest BCUT2D eigenvalue weighted by atomic mass is 10.5. The Morgan fingerprint density at radius 2 is 2.50 bits per heavy atom. The highest BCUT2D eigenvalue weighted by Crippen LogP contribution is 2.13. The molecule has 0 amide bonds. The van der Waals surface area contributed by atoms with E-state index in [9.17, 15) is 0 Å². The molecule has 3 heteroatoms. The van der Waals surface area contributed by atoms with Crippen LogP contribution in [0.15, 0.2) is 14.6 Å². The molecule has 8 heavy (non-hydrogen) atoms. The van der Waals surface area contributed by atoms with Gasteiger partial charge < -0.3 is 5.73 Å². The van der Waals surface area contributed by atoms with Crippen molar-refractivity contribution in [1.29, 1.82) is 0 Å². The Morgan fingerprint density at radius 1 is 1.75 bits per heavy atom. The van der Waals surface area contributed by atoms with Gasteiger partial charge in [0.15, 0.2) is 0 Å². The summed E-state index contributed by atoms with van der Waals surface area (Å²) in [5.74, 6) is 0.647. The normalized spacial score (nSPS) is 18.6. The van der Waals surface area contributed by atoms with Gasteiger partial charge in [-0.05, 0) is 16.6 Å². The summed E-state index contributed by atoms with van der Waals surface area (Å²) in [5, 5.41) is 0. The molecule has 0 aromatic heterocycles. The SMILES string of the molecule is CC1=CC(N)=NC=I1. The van der Waals surface area contributed by atoms with Gasteiger partial charge >= 0.3 is 0 Å². The maximum atomic E-state index is 5.39. The van der Waals surface area contributed by atoms with Crippen LogP contribution in [0, 0.1) is 0 Å². The zero-order valence-electron chi connectivity index (χ0n) is 4.56. The predicted molar refractivity (Wildman–Crippen MR) is 45.5 cm³/mol. The van der Waals surface area contributed by atoms with Crippen LogP contribution in [0.1, 0.15) is 6.92 Å². The Morgan fingerprint density at radius 3 is 2.88 bits per heavy atom. The van der Waals surface area contributed by atoms with Crippen molar-refractivity contribution in [2.75, 3.05) is 0 Å². The molecule has 2 N–H and O–H groups in total. The fourth-order valence-electron chi connectivity index (χ4n) is 0.430. The van der Waals surface area contributed by atoms with Crippen molar-refractivity contribution in [2.45, 2.75) is 6.92 Å². The minimum atomic E-state index is 0.0934. The molecule has 0 spiro atoms. The lowest BCUT2D eigenvalue weighted by Gasteiger charge is -1.95. The minimum absolute atomic E-state index is 0.0934. The van der Waals surface area contributed by atoms with E-state index < -0.39 is 0 Å². The van der Waals surface area contributed by atoms with E-state index in [2.05, 4.69) is 11.9 Å². The van der Waals surface area contributed by atoms with Crippen LogP contribution >= 0.6 is 20.7 Å². The number of allylic oxidation sites excluding steroid dienone is 1. The van der Waals surface area contributed by atoms with Crippen molar-refractivity contribution < 1.29 is 0 Å². The molecule has 0 atom stereocenters. The van der Waals surface area contributed by atoms with Crippen molar-refractivity contribution in [3.63, 3.8) is 0 Å². The van der Waals surface area contributed by atoms with Gasteiger partial charge in [-0.15, -0.1) is 0 Å². The summed E-state index contributed by atoms with van der Waals surface area (Å²) in [6.45, 7) is 2.09. The second-order valence-electron chi connectivity index (χ2n) is 1.49. The molecule has 1 heterocycles. The maximum Gasteiger partial charge on any atom is 0.124 e. The van der Waals surface area contributed by atoms with E-state index >= 15 is 0 Å². The van der Waals surface area contributed by atoms with E-state index in [0.29, 0.717) is 5.84 Å². The topological polar surface area (TPSA) is 38.4 Å². The molecule has 1 aliphatic rings. The van der Waals surface area contributed by atoms with E-state index in [1.165, 1.54) is 3.58 Å². The summed E-state index contributed by atoms with van der Waals surface area (Å²) in [6.07, 6.45) is 1.94. The first-order valence-corrected chi connectivity index (χ1v) is 4.58. The zero-order chi connectivity index (χ0) is 5.98. The Labute approximate surface area is 58.2 Å². The first-order chi connectivity index (χ1) is 3.79. The molecule has 0 aromatic rings. The molecule has 0 bridgehead atoms. The van der Waals surface area contributed by atoms with Gasteiger partial charge in [-0.2, -0.15) is 0 Å². The van der Waals surface area contributed by atoms with Gasteiger partial charge in [0, 0.05) is 0 Å². The number of halogens is 1. The number of amidine groups is 1. The lowest BCUT2D eigenvalue weighted by Crippen LogP contribution is -2.08. The third kappa shape index (κ3) is 1.40. The van der Waals surface area contributed by atoms with Gasteiger partial charge in [0.05, 0.1) is 4.14 Å². The molecule has 0 radical (unpaired) electrons. The van der Waals surface area contributed by atoms with Crippen molar-refractivity contribution in [1.82, 2.24) is 0 Å². The fraction of sp³-hybridized carbons (Fsp3) is 0.200. The van der Waals surface area contributed by atoms with Crippen molar-refractivity contribution in [3.8, 4) is 0 Å². The van der Waals surface area contributed by atoms with Gasteiger partial charge in [0.1, 0.15) is 5.84 Å². The smallest absolute Gasteiger partial charge is 0.124 e. The Kier molecular flexibility index (Phi) is 1.77. The average Bonchev–Trinajstić information content (AvgIpc) is 1.64. The Hall–Kier alpha value is -0.190. The first kappa shape index (κ1) is 5.94. The molecule has 0 saturated heterocycles. The summed E-state index contributed by atoms with van der Waals surface area (Å²) in [5.41, 5.74) is 5.39. The van der Waals surface area contributed by atoms with Gasteiger partial charge in [-0.25, -0.2) is 4.99 Å². The summed E-state index contributed by atoms with van der Waals surface area (Å²) in [7, 11) is 0. The van der Waals surface area contributed by atoms with Gasteiger partial charge in [0.25, 0.3) is 0 Å². The number of nitrogens with two attached hydrogens (primary N) is 1. The zero-order valence-corrected chi connectivity index (χ0v) is 6.71. The standard InChI is InChI=1S/C5H7IN2/c1-4-2-5(7)8-3-6-4/h2-3H,1H3,(H2,7,8). The highest BCUT2D eigenvalue weighted by atomic mass is 127. The summed E-state index contributed by atoms with van der Waals surface area (Å²) >= 11 is 0.0934. The summed E-state index contributed by atoms with van der Waals surface area (Å²) in [4.78, 5) is 3.92. The first-order valence-electron chi connectivity index (χ1n) is 2.26. The Bertz CT molecular complexity index is 176. The molecule has 1 rings (SSSR count). The Balaban J connectivity index is 2.89. The van der Waals surface area contributed by atoms with Gasteiger partial charge in [-0.1, -0.05) is 20.7 Å². The highest BCUT2D eigenvalue weighted by molar-refractivity contribution is 14.2. The lowest BCUT2D eigenvalue weighted by molar-refractivity contribution is 1.61. The number of nitrogens with zero attached hydrogens (tertiary/aromatic N) is 1. The molecular weight excluding hydrogens is 215 g/mol. The third-order valence-electron chi connectivity index (χ3n) is 0.766. The van der Waals surface area contributed by atoms with Crippen LogP contribution in [-0.4, -0.2) is 9.97 Å². The van der Waals surface area contributed by atoms with E-state index in [4.69, 9.17) is 5.73 Å². The monoisotopic (exact) mass is 222 g/mol. The second kappa shape index (κ2) is 2.39. The molecule has 0 saturated carbocycles. The number of hydrogen-bond acceptors (Lipinski definition) is 2. The molecule has 2 nitrogen and oxygen atoms in total. The molecule has 44 valence electrons. The van der Waals surface area contributed by atoms with E-state index in [-0.39, 0.29) is 20.7 Å². The van der Waals surface area contributed by atoms with Gasteiger partial charge in [0.2, 0.25) is 0 Å². The van der Waals surface area contributed by atoms with Crippen LogP contribution < -0.4 is 5.73 Å². The average molecular weight is 222 g/mol. The molecule has 0 fully saturated rings. The van der Waals surface area contributed by atoms with E-state index in [1.54, 1.807) is 0 Å². The molecule has 0 aromatic carbocycles. The number of rotatable bonds is 0. The van der Waals surface area contributed by atoms with Crippen LogP contribution in [0.5, 0.6) is 0 Å². The van der Waals surface area contributed by atoms with Crippen molar-refractivity contribution in [2.24, 2.45) is 10.7 Å².